The van der Waals surface area contributed by atoms with Gasteiger partial charge in [0.25, 0.3) is 5.91 Å². The number of halogens is 1. The van der Waals surface area contributed by atoms with Gasteiger partial charge in [0.1, 0.15) is 5.82 Å². The Morgan fingerprint density at radius 3 is 2.80 bits per heavy atom. The molecule has 0 unspecified atom stereocenters. The van der Waals surface area contributed by atoms with Gasteiger partial charge in [0, 0.05) is 30.2 Å². The molecule has 3 rings (SSSR count). The van der Waals surface area contributed by atoms with E-state index in [9.17, 15) is 9.18 Å². The van der Waals surface area contributed by atoms with Crippen LogP contribution < -0.4 is 0 Å². The van der Waals surface area contributed by atoms with E-state index in [1.807, 2.05) is 0 Å². The van der Waals surface area contributed by atoms with Crippen LogP contribution in [0.25, 0.3) is 10.9 Å². The lowest BCUT2D eigenvalue weighted by Gasteiger charge is -2.27. The molecule has 1 aliphatic rings. The molecule has 0 radical (unpaired) electrons. The van der Waals surface area contributed by atoms with E-state index in [1.165, 1.54) is 12.1 Å². The van der Waals surface area contributed by atoms with Crippen molar-refractivity contribution >= 4 is 16.8 Å². The summed E-state index contributed by atoms with van der Waals surface area (Å²) in [5.41, 5.74) is 1.80. The Bertz CT molecular complexity index is 661. The highest BCUT2D eigenvalue weighted by Gasteiger charge is 2.21. The zero-order chi connectivity index (χ0) is 14.1. The minimum atomic E-state index is -0.347. The number of carbonyl (C=O) groups is 1. The van der Waals surface area contributed by atoms with Gasteiger partial charge in [0.15, 0.2) is 0 Å². The maximum Gasteiger partial charge on any atom is 0.254 e. The molecule has 1 aliphatic heterocycles. The molecule has 5 heteroatoms. The first-order valence-electron chi connectivity index (χ1n) is 6.59. The van der Waals surface area contributed by atoms with Crippen LogP contribution >= 0.6 is 0 Å². The summed E-state index contributed by atoms with van der Waals surface area (Å²) in [6, 6.07) is 6.09. The SMILES string of the molecule is Cc1cc(C(=O)N2CCOCC2)c2ccc(F)cc2n1. The third kappa shape index (κ3) is 2.36. The number of aryl methyl sites for hydroxylation is 1. The van der Waals surface area contributed by atoms with Crippen LogP contribution in [-0.4, -0.2) is 42.1 Å². The molecule has 104 valence electrons. The maximum atomic E-state index is 13.3. The number of pyridine rings is 1. The molecule has 1 saturated heterocycles. The van der Waals surface area contributed by atoms with Crippen molar-refractivity contribution in [2.75, 3.05) is 26.3 Å². The summed E-state index contributed by atoms with van der Waals surface area (Å²) < 4.78 is 18.6. The zero-order valence-electron chi connectivity index (χ0n) is 11.2. The number of amides is 1. The van der Waals surface area contributed by atoms with Crippen LogP contribution in [0.2, 0.25) is 0 Å². The highest BCUT2D eigenvalue weighted by atomic mass is 19.1. The van der Waals surface area contributed by atoms with Gasteiger partial charge in [0.2, 0.25) is 0 Å². The van der Waals surface area contributed by atoms with Crippen molar-refractivity contribution in [2.24, 2.45) is 0 Å². The summed E-state index contributed by atoms with van der Waals surface area (Å²) in [6.45, 7) is 4.09. The summed E-state index contributed by atoms with van der Waals surface area (Å²) in [5, 5.41) is 0.688. The van der Waals surface area contributed by atoms with E-state index in [4.69, 9.17) is 4.74 Å². The number of morpholine rings is 1. The number of rotatable bonds is 1. The molecule has 4 nitrogen and oxygen atoms in total. The first kappa shape index (κ1) is 13.0. The number of nitrogens with zero attached hydrogens (tertiary/aromatic N) is 2. The first-order valence-corrected chi connectivity index (χ1v) is 6.59. The fourth-order valence-corrected chi connectivity index (χ4v) is 2.45. The van der Waals surface area contributed by atoms with E-state index in [2.05, 4.69) is 4.98 Å². The average molecular weight is 274 g/mol. The van der Waals surface area contributed by atoms with Crippen molar-refractivity contribution in [3.63, 3.8) is 0 Å². The average Bonchev–Trinajstić information content (AvgIpc) is 2.46. The fraction of sp³-hybridized carbons (Fsp3) is 0.333. The number of fused-ring (bicyclic) bond motifs is 1. The largest absolute Gasteiger partial charge is 0.378 e. The number of hydrogen-bond acceptors (Lipinski definition) is 3. The van der Waals surface area contributed by atoms with Crippen LogP contribution in [-0.2, 0) is 4.74 Å². The molecule has 0 saturated carbocycles. The molecule has 0 atom stereocenters. The van der Waals surface area contributed by atoms with E-state index < -0.39 is 0 Å². The van der Waals surface area contributed by atoms with E-state index in [-0.39, 0.29) is 11.7 Å². The lowest BCUT2D eigenvalue weighted by atomic mass is 10.1. The van der Waals surface area contributed by atoms with Gasteiger partial charge in [-0.1, -0.05) is 0 Å². The second kappa shape index (κ2) is 5.17. The van der Waals surface area contributed by atoms with E-state index in [0.29, 0.717) is 48.5 Å². The molecule has 20 heavy (non-hydrogen) atoms. The van der Waals surface area contributed by atoms with Crippen molar-refractivity contribution in [1.82, 2.24) is 9.88 Å². The second-order valence-corrected chi connectivity index (χ2v) is 4.88. The predicted octanol–water partition coefficient (Wildman–Crippen LogP) is 2.15. The zero-order valence-corrected chi connectivity index (χ0v) is 11.2. The molecule has 1 fully saturated rings. The second-order valence-electron chi connectivity index (χ2n) is 4.88. The van der Waals surface area contributed by atoms with Gasteiger partial charge in [-0.05, 0) is 25.1 Å². The molecule has 0 aliphatic carbocycles. The summed E-state index contributed by atoms with van der Waals surface area (Å²) >= 11 is 0. The minimum absolute atomic E-state index is 0.0459. The molecule has 1 amide bonds. The Labute approximate surface area is 116 Å². The van der Waals surface area contributed by atoms with Gasteiger partial charge in [-0.3, -0.25) is 9.78 Å². The standard InChI is InChI=1S/C15H15FN2O2/c1-10-8-13(15(19)18-4-6-20-7-5-18)12-3-2-11(16)9-14(12)17-10/h2-3,8-9H,4-7H2,1H3. The molecular formula is C15H15FN2O2. The lowest BCUT2D eigenvalue weighted by molar-refractivity contribution is 0.0304. The van der Waals surface area contributed by atoms with Crippen molar-refractivity contribution in [2.45, 2.75) is 6.92 Å². The third-order valence-corrected chi connectivity index (χ3v) is 3.43. The molecule has 2 heterocycles. The normalized spacial score (nSPS) is 15.6. The van der Waals surface area contributed by atoms with Crippen LogP contribution in [0.4, 0.5) is 4.39 Å². The Kier molecular flexibility index (Phi) is 3.36. The molecule has 1 aromatic heterocycles. The number of aromatic nitrogens is 1. The van der Waals surface area contributed by atoms with Crippen LogP contribution in [0.5, 0.6) is 0 Å². The highest BCUT2D eigenvalue weighted by molar-refractivity contribution is 6.06. The Hall–Kier alpha value is -2.01. The molecule has 0 bridgehead atoms. The number of carbonyl (C=O) groups excluding carboxylic acids is 1. The summed E-state index contributed by atoms with van der Waals surface area (Å²) in [7, 11) is 0. The van der Waals surface area contributed by atoms with Crippen molar-refractivity contribution in [3.8, 4) is 0 Å². The van der Waals surface area contributed by atoms with E-state index in [0.717, 1.165) is 0 Å². The Morgan fingerprint density at radius 2 is 2.05 bits per heavy atom. The number of benzene rings is 1. The minimum Gasteiger partial charge on any atom is -0.378 e. The summed E-state index contributed by atoms with van der Waals surface area (Å²) in [5.74, 6) is -0.393. The number of hydrogen-bond donors (Lipinski definition) is 0. The molecule has 2 aromatic rings. The van der Waals surface area contributed by atoms with Crippen LogP contribution in [0.3, 0.4) is 0 Å². The summed E-state index contributed by atoms with van der Waals surface area (Å²) in [6.07, 6.45) is 0. The van der Waals surface area contributed by atoms with Gasteiger partial charge in [-0.2, -0.15) is 0 Å². The molecular weight excluding hydrogens is 259 g/mol. The quantitative estimate of drug-likeness (QED) is 0.800. The summed E-state index contributed by atoms with van der Waals surface area (Å²) in [4.78, 5) is 18.7. The lowest BCUT2D eigenvalue weighted by Crippen LogP contribution is -2.40. The predicted molar refractivity (Wildman–Crippen MR) is 73.2 cm³/mol. The third-order valence-electron chi connectivity index (χ3n) is 3.43. The Balaban J connectivity index is 2.07. The Morgan fingerprint density at radius 1 is 1.30 bits per heavy atom. The van der Waals surface area contributed by atoms with E-state index >= 15 is 0 Å². The molecule has 1 aromatic carbocycles. The molecule has 0 spiro atoms. The fourth-order valence-electron chi connectivity index (χ4n) is 2.45. The highest BCUT2D eigenvalue weighted by Crippen LogP contribution is 2.21. The maximum absolute atomic E-state index is 13.3. The monoisotopic (exact) mass is 274 g/mol. The number of ether oxygens (including phenoxy) is 1. The van der Waals surface area contributed by atoms with Crippen LogP contribution in [0, 0.1) is 12.7 Å². The van der Waals surface area contributed by atoms with Crippen LogP contribution in [0.1, 0.15) is 16.1 Å². The van der Waals surface area contributed by atoms with Gasteiger partial charge in [0.05, 0.1) is 24.3 Å². The van der Waals surface area contributed by atoms with E-state index in [1.54, 1.807) is 24.0 Å². The first-order chi connectivity index (χ1) is 9.65. The van der Waals surface area contributed by atoms with Crippen molar-refractivity contribution in [3.05, 3.63) is 41.3 Å². The van der Waals surface area contributed by atoms with Gasteiger partial charge in [-0.15, -0.1) is 0 Å². The smallest absolute Gasteiger partial charge is 0.254 e. The van der Waals surface area contributed by atoms with Gasteiger partial charge < -0.3 is 9.64 Å². The van der Waals surface area contributed by atoms with Gasteiger partial charge >= 0.3 is 0 Å². The van der Waals surface area contributed by atoms with Crippen molar-refractivity contribution < 1.29 is 13.9 Å². The van der Waals surface area contributed by atoms with Crippen LogP contribution in [0.15, 0.2) is 24.3 Å². The molecule has 0 N–H and O–H groups in total. The van der Waals surface area contributed by atoms with Gasteiger partial charge in [-0.25, -0.2) is 4.39 Å². The van der Waals surface area contributed by atoms with Crippen molar-refractivity contribution in [1.29, 1.82) is 0 Å². The topological polar surface area (TPSA) is 42.4 Å².